The molecule has 1 aromatic carbocycles. The van der Waals surface area contributed by atoms with Crippen LogP contribution in [0, 0.1) is 17.0 Å². The van der Waals surface area contributed by atoms with E-state index in [0.29, 0.717) is 22.9 Å². The Morgan fingerprint density at radius 1 is 1.31 bits per heavy atom. The molecule has 0 aliphatic carbocycles. The molecule has 0 bridgehead atoms. The molecule has 0 radical (unpaired) electrons. The Morgan fingerprint density at radius 2 is 2.08 bits per heavy atom. The van der Waals surface area contributed by atoms with Crippen molar-refractivity contribution in [2.24, 2.45) is 0 Å². The Bertz CT molecular complexity index is 934. The molecule has 26 heavy (non-hydrogen) atoms. The van der Waals surface area contributed by atoms with E-state index in [1.807, 2.05) is 17.5 Å². The maximum atomic E-state index is 12.5. The quantitative estimate of drug-likeness (QED) is 0.485. The molecular formula is C18H17N3O4S. The average Bonchev–Trinajstić information content (AvgIpc) is 3.25. The number of hydrogen-bond donors (Lipinski definition) is 0. The molecule has 2 aromatic heterocycles. The number of carbonyl (C=O) groups is 1. The number of rotatable bonds is 6. The van der Waals surface area contributed by atoms with Gasteiger partial charge in [-0.1, -0.05) is 24.3 Å². The molecule has 0 fully saturated rings. The highest BCUT2D eigenvalue weighted by molar-refractivity contribution is 7.13. The Hall–Kier alpha value is -3.00. The minimum atomic E-state index is -0.442. The number of likely N-dealkylation sites (N-methyl/N-ethyl adjacent to an activating group) is 1. The largest absolute Gasteiger partial charge is 0.440 e. The normalized spacial score (nSPS) is 10.7. The van der Waals surface area contributed by atoms with E-state index in [2.05, 4.69) is 4.98 Å². The van der Waals surface area contributed by atoms with E-state index in [4.69, 9.17) is 4.42 Å². The van der Waals surface area contributed by atoms with Gasteiger partial charge in [-0.15, -0.1) is 11.3 Å². The van der Waals surface area contributed by atoms with Crippen LogP contribution in [0.2, 0.25) is 0 Å². The molecule has 2 heterocycles. The van der Waals surface area contributed by atoms with Crippen molar-refractivity contribution in [3.63, 3.8) is 0 Å². The van der Waals surface area contributed by atoms with Crippen LogP contribution in [0.5, 0.6) is 0 Å². The van der Waals surface area contributed by atoms with Crippen molar-refractivity contribution in [3.8, 4) is 10.8 Å². The molecular weight excluding hydrogens is 354 g/mol. The first-order chi connectivity index (χ1) is 12.5. The predicted molar refractivity (Wildman–Crippen MR) is 97.8 cm³/mol. The lowest BCUT2D eigenvalue weighted by atomic mass is 10.1. The molecule has 3 rings (SSSR count). The van der Waals surface area contributed by atoms with Crippen LogP contribution in [-0.4, -0.2) is 27.8 Å². The van der Waals surface area contributed by atoms with Crippen LogP contribution in [0.15, 0.2) is 46.2 Å². The first-order valence-electron chi connectivity index (χ1n) is 7.92. The second-order valence-electron chi connectivity index (χ2n) is 5.81. The van der Waals surface area contributed by atoms with Gasteiger partial charge in [0.15, 0.2) is 0 Å². The van der Waals surface area contributed by atoms with Crippen molar-refractivity contribution in [2.45, 2.75) is 19.9 Å². The van der Waals surface area contributed by atoms with Crippen LogP contribution in [0.3, 0.4) is 0 Å². The van der Waals surface area contributed by atoms with Gasteiger partial charge in [0.05, 0.1) is 28.5 Å². The summed E-state index contributed by atoms with van der Waals surface area (Å²) in [5, 5.41) is 13.0. The van der Waals surface area contributed by atoms with E-state index in [0.717, 1.165) is 4.88 Å². The summed E-state index contributed by atoms with van der Waals surface area (Å²) in [5.74, 6) is 0.916. The summed E-state index contributed by atoms with van der Waals surface area (Å²) in [5.41, 5.74) is 1.07. The van der Waals surface area contributed by atoms with Gasteiger partial charge in [0.2, 0.25) is 11.8 Å². The number of carbonyl (C=O) groups excluding carboxylic acids is 1. The average molecular weight is 371 g/mol. The van der Waals surface area contributed by atoms with Crippen LogP contribution < -0.4 is 0 Å². The summed E-state index contributed by atoms with van der Waals surface area (Å²) in [7, 11) is 1.62. The lowest BCUT2D eigenvalue weighted by Gasteiger charge is -2.16. The minimum absolute atomic E-state index is 0.00440. The number of nitro benzene ring substituents is 1. The molecule has 0 spiro atoms. The molecule has 0 aliphatic rings. The Balaban J connectivity index is 1.71. The van der Waals surface area contributed by atoms with Gasteiger partial charge >= 0.3 is 0 Å². The molecule has 0 aliphatic heterocycles. The molecule has 1 amide bonds. The topological polar surface area (TPSA) is 89.5 Å². The molecule has 0 saturated heterocycles. The number of nitrogens with zero attached hydrogens (tertiary/aromatic N) is 3. The van der Waals surface area contributed by atoms with Gasteiger partial charge < -0.3 is 9.32 Å². The summed E-state index contributed by atoms with van der Waals surface area (Å²) < 4.78 is 5.65. The number of oxazole rings is 1. The van der Waals surface area contributed by atoms with E-state index in [9.17, 15) is 14.9 Å². The number of benzene rings is 1. The van der Waals surface area contributed by atoms with Crippen LogP contribution in [-0.2, 0) is 17.8 Å². The molecule has 8 heteroatoms. The fourth-order valence-electron chi connectivity index (χ4n) is 2.54. The lowest BCUT2D eigenvalue weighted by Crippen LogP contribution is -2.28. The van der Waals surface area contributed by atoms with Crippen molar-refractivity contribution in [2.75, 3.05) is 7.05 Å². The second-order valence-corrected chi connectivity index (χ2v) is 6.76. The third kappa shape index (κ3) is 3.80. The molecule has 0 unspecified atom stereocenters. The van der Waals surface area contributed by atoms with Crippen LogP contribution in [0.4, 0.5) is 5.69 Å². The molecule has 3 aromatic rings. The van der Waals surface area contributed by atoms with Gasteiger partial charge in [0, 0.05) is 18.7 Å². The Labute approximate surface area is 154 Å². The Kier molecular flexibility index (Phi) is 5.13. The standard InChI is InChI=1S/C18H17N3O4S/c1-12-14(19-18(25-12)16-8-5-9-26-16)10-17(22)20(2)11-13-6-3-4-7-15(13)21(23)24/h3-9H,10-11H2,1-2H3. The zero-order valence-corrected chi connectivity index (χ0v) is 15.2. The Morgan fingerprint density at radius 3 is 2.77 bits per heavy atom. The van der Waals surface area contributed by atoms with Crippen LogP contribution in [0.25, 0.3) is 10.8 Å². The summed E-state index contributed by atoms with van der Waals surface area (Å²) in [6.07, 6.45) is 0.0812. The lowest BCUT2D eigenvalue weighted by molar-refractivity contribution is -0.385. The fourth-order valence-corrected chi connectivity index (χ4v) is 3.19. The number of aromatic nitrogens is 1. The number of aryl methyl sites for hydroxylation is 1. The van der Waals surface area contributed by atoms with Crippen LogP contribution in [0.1, 0.15) is 17.0 Å². The van der Waals surface area contributed by atoms with E-state index >= 15 is 0 Å². The maximum Gasteiger partial charge on any atom is 0.274 e. The smallest absolute Gasteiger partial charge is 0.274 e. The highest BCUT2D eigenvalue weighted by atomic mass is 32.1. The molecule has 0 saturated carbocycles. The third-order valence-corrected chi connectivity index (χ3v) is 4.82. The highest BCUT2D eigenvalue weighted by Gasteiger charge is 2.20. The van der Waals surface area contributed by atoms with Gasteiger partial charge in [-0.05, 0) is 18.4 Å². The van der Waals surface area contributed by atoms with E-state index in [1.165, 1.54) is 22.3 Å². The van der Waals surface area contributed by atoms with Crippen molar-refractivity contribution in [1.29, 1.82) is 0 Å². The van der Waals surface area contributed by atoms with Gasteiger partial charge in [0.25, 0.3) is 5.69 Å². The zero-order valence-electron chi connectivity index (χ0n) is 14.3. The fraction of sp³-hybridized carbons (Fsp3) is 0.222. The van der Waals surface area contributed by atoms with Crippen molar-refractivity contribution in [1.82, 2.24) is 9.88 Å². The number of hydrogen-bond acceptors (Lipinski definition) is 6. The minimum Gasteiger partial charge on any atom is -0.440 e. The van der Waals surface area contributed by atoms with E-state index < -0.39 is 4.92 Å². The van der Waals surface area contributed by atoms with Crippen molar-refractivity contribution < 1.29 is 14.1 Å². The maximum absolute atomic E-state index is 12.5. The summed E-state index contributed by atoms with van der Waals surface area (Å²) in [6, 6.07) is 10.2. The zero-order chi connectivity index (χ0) is 18.7. The highest BCUT2D eigenvalue weighted by Crippen LogP contribution is 2.26. The predicted octanol–water partition coefficient (Wildman–Crippen LogP) is 3.82. The molecule has 0 atom stereocenters. The number of amides is 1. The SMILES string of the molecule is Cc1oc(-c2cccs2)nc1CC(=O)N(C)Cc1ccccc1[N+](=O)[O-]. The summed E-state index contributed by atoms with van der Waals surface area (Å²) in [4.78, 5) is 30.0. The first-order valence-corrected chi connectivity index (χ1v) is 8.80. The third-order valence-electron chi connectivity index (χ3n) is 3.96. The van der Waals surface area contributed by atoms with E-state index in [-0.39, 0.29) is 24.6 Å². The second kappa shape index (κ2) is 7.49. The number of para-hydroxylation sites is 1. The summed E-state index contributed by atoms with van der Waals surface area (Å²) in [6.45, 7) is 1.93. The molecule has 7 nitrogen and oxygen atoms in total. The number of nitro groups is 1. The van der Waals surface area contributed by atoms with Gasteiger partial charge in [-0.3, -0.25) is 14.9 Å². The van der Waals surface area contributed by atoms with E-state index in [1.54, 1.807) is 32.2 Å². The number of thiophene rings is 1. The molecule has 0 N–H and O–H groups in total. The van der Waals surface area contributed by atoms with Crippen molar-refractivity contribution >= 4 is 22.9 Å². The monoisotopic (exact) mass is 371 g/mol. The molecule has 134 valence electrons. The van der Waals surface area contributed by atoms with Gasteiger partial charge in [-0.2, -0.15) is 0 Å². The van der Waals surface area contributed by atoms with Crippen molar-refractivity contribution in [3.05, 3.63) is 68.9 Å². The van der Waals surface area contributed by atoms with Gasteiger partial charge in [-0.25, -0.2) is 4.98 Å². The van der Waals surface area contributed by atoms with Crippen LogP contribution >= 0.6 is 11.3 Å². The first kappa shape index (κ1) is 17.8. The summed E-state index contributed by atoms with van der Waals surface area (Å²) >= 11 is 1.51. The van der Waals surface area contributed by atoms with Gasteiger partial charge in [0.1, 0.15) is 5.76 Å².